The number of hydrogen-bond donors (Lipinski definition) is 0. The van der Waals surface area contributed by atoms with Gasteiger partial charge < -0.3 is 0 Å². The molecule has 1 aliphatic heterocycles. The van der Waals surface area contributed by atoms with E-state index < -0.39 is 0 Å². The van der Waals surface area contributed by atoms with E-state index in [1.54, 1.807) is 6.08 Å². The summed E-state index contributed by atoms with van der Waals surface area (Å²) < 4.78 is 0. The van der Waals surface area contributed by atoms with E-state index in [2.05, 4.69) is 24.2 Å². The second-order valence-corrected chi connectivity index (χ2v) is 2.62. The fraction of sp³-hybridized carbons (Fsp3) is 0.182. The maximum Gasteiger partial charge on any atom is 0.0472 e. The van der Waals surface area contributed by atoms with Gasteiger partial charge in [-0.25, -0.2) is 0 Å². The summed E-state index contributed by atoms with van der Waals surface area (Å²) in [6.45, 7) is 7.51. The van der Waals surface area contributed by atoms with Gasteiger partial charge in [0.1, 0.15) is 0 Å². The lowest BCUT2D eigenvalue weighted by molar-refractivity contribution is 1.06. The molecule has 1 heteroatoms. The summed E-state index contributed by atoms with van der Waals surface area (Å²) in [5, 5.41) is 0. The van der Waals surface area contributed by atoms with Gasteiger partial charge in [-0.15, -0.1) is 0 Å². The zero-order valence-electron chi connectivity index (χ0n) is 7.16. The van der Waals surface area contributed by atoms with Crippen LogP contribution < -0.4 is 0 Å². The van der Waals surface area contributed by atoms with E-state index >= 15 is 0 Å². The maximum atomic E-state index is 4.23. The molecule has 1 aliphatic rings. The number of nitrogens with zero attached hydrogens (tertiary/aromatic N) is 1. The van der Waals surface area contributed by atoms with Gasteiger partial charge in [-0.1, -0.05) is 37.5 Å². The Bertz CT molecular complexity index is 267. The highest BCUT2D eigenvalue weighted by molar-refractivity contribution is 6.02. The Hall–Kier alpha value is -1.37. The Morgan fingerprint density at radius 1 is 1.58 bits per heavy atom. The van der Waals surface area contributed by atoms with Gasteiger partial charge in [-0.3, -0.25) is 4.99 Å². The van der Waals surface area contributed by atoms with Crippen LogP contribution in [-0.2, 0) is 0 Å². The molecule has 0 bridgehead atoms. The van der Waals surface area contributed by atoms with E-state index in [1.807, 2.05) is 18.4 Å². The van der Waals surface area contributed by atoms with Gasteiger partial charge in [0, 0.05) is 11.9 Å². The Kier molecular flexibility index (Phi) is 3.27. The number of rotatable bonds is 3. The summed E-state index contributed by atoms with van der Waals surface area (Å²) in [4.78, 5) is 4.23. The zero-order valence-corrected chi connectivity index (χ0v) is 7.16. The third-order valence-electron chi connectivity index (χ3n) is 1.69. The molecule has 1 rings (SSSR count). The highest BCUT2D eigenvalue weighted by atomic mass is 14.7. The van der Waals surface area contributed by atoms with Crippen LogP contribution in [0.4, 0.5) is 0 Å². The normalized spacial score (nSPS) is 16.2. The van der Waals surface area contributed by atoms with Gasteiger partial charge in [0.2, 0.25) is 0 Å². The van der Waals surface area contributed by atoms with Gasteiger partial charge in [-0.2, -0.15) is 0 Å². The lowest BCUT2D eigenvalue weighted by Crippen LogP contribution is -2.01. The van der Waals surface area contributed by atoms with Crippen molar-refractivity contribution in [1.82, 2.24) is 0 Å². The van der Waals surface area contributed by atoms with Crippen molar-refractivity contribution in [2.75, 3.05) is 0 Å². The van der Waals surface area contributed by atoms with Crippen molar-refractivity contribution in [3.63, 3.8) is 0 Å². The van der Waals surface area contributed by atoms with Crippen molar-refractivity contribution in [3.05, 3.63) is 49.2 Å². The second-order valence-electron chi connectivity index (χ2n) is 2.62. The fourth-order valence-corrected chi connectivity index (χ4v) is 1.03. The average molecular weight is 159 g/mol. The molecular formula is C11H13N. The van der Waals surface area contributed by atoms with Gasteiger partial charge >= 0.3 is 0 Å². The largest absolute Gasteiger partial charge is 0.261 e. The van der Waals surface area contributed by atoms with Crippen molar-refractivity contribution in [3.8, 4) is 0 Å². The predicted molar refractivity (Wildman–Crippen MR) is 54.3 cm³/mol. The molecule has 62 valence electrons. The van der Waals surface area contributed by atoms with Crippen molar-refractivity contribution in [2.45, 2.75) is 12.8 Å². The van der Waals surface area contributed by atoms with Crippen molar-refractivity contribution < 1.29 is 0 Å². The minimum absolute atomic E-state index is 0.985. The van der Waals surface area contributed by atoms with Crippen LogP contribution in [0.15, 0.2) is 54.2 Å². The number of aliphatic imine (C=N–C) groups is 1. The van der Waals surface area contributed by atoms with Crippen LogP contribution >= 0.6 is 0 Å². The van der Waals surface area contributed by atoms with Gasteiger partial charge in [0.05, 0.1) is 0 Å². The van der Waals surface area contributed by atoms with Gasteiger partial charge in [0.25, 0.3) is 0 Å². The minimum Gasteiger partial charge on any atom is -0.261 e. The number of hydrogen-bond acceptors (Lipinski definition) is 1. The average Bonchev–Trinajstić information content (AvgIpc) is 2.15. The molecule has 0 saturated carbocycles. The lowest BCUT2D eigenvalue weighted by atomic mass is 10.1. The Morgan fingerprint density at radius 3 is 3.00 bits per heavy atom. The summed E-state index contributed by atoms with van der Waals surface area (Å²) in [6.07, 6.45) is 11.5. The summed E-state index contributed by atoms with van der Waals surface area (Å²) in [5.74, 6) is 0. The first kappa shape index (κ1) is 8.72. The molecule has 0 radical (unpaired) electrons. The molecule has 1 nitrogen and oxygen atoms in total. The van der Waals surface area contributed by atoms with Crippen LogP contribution in [-0.4, -0.2) is 5.71 Å². The van der Waals surface area contributed by atoms with Gasteiger partial charge in [0.15, 0.2) is 0 Å². The molecule has 0 amide bonds. The molecule has 1 heterocycles. The van der Waals surface area contributed by atoms with E-state index in [-0.39, 0.29) is 0 Å². The highest BCUT2D eigenvalue weighted by Crippen LogP contribution is 2.09. The Balaban J connectivity index is 2.63. The third kappa shape index (κ3) is 2.35. The first-order valence-corrected chi connectivity index (χ1v) is 4.04. The van der Waals surface area contributed by atoms with Crippen LogP contribution in [0.3, 0.4) is 0 Å². The number of allylic oxidation sites excluding steroid dienone is 5. The maximum absolute atomic E-state index is 4.23. The van der Waals surface area contributed by atoms with E-state index in [1.165, 1.54) is 0 Å². The quantitative estimate of drug-likeness (QED) is 0.561. The summed E-state index contributed by atoms with van der Waals surface area (Å²) in [5.41, 5.74) is 2.06. The third-order valence-corrected chi connectivity index (χ3v) is 1.69. The molecule has 0 saturated heterocycles. The van der Waals surface area contributed by atoms with Crippen LogP contribution in [0.25, 0.3) is 0 Å². The molecule has 0 spiro atoms. The zero-order chi connectivity index (χ0) is 8.81. The van der Waals surface area contributed by atoms with Crippen LogP contribution in [0.5, 0.6) is 0 Å². The fourth-order valence-electron chi connectivity index (χ4n) is 1.03. The first-order chi connectivity index (χ1) is 5.84. The summed E-state index contributed by atoms with van der Waals surface area (Å²) in [6, 6.07) is 0. The minimum atomic E-state index is 0.985. The molecular weight excluding hydrogens is 146 g/mol. The van der Waals surface area contributed by atoms with Crippen molar-refractivity contribution in [2.24, 2.45) is 4.99 Å². The van der Waals surface area contributed by atoms with Crippen molar-refractivity contribution in [1.29, 1.82) is 0 Å². The Morgan fingerprint density at radius 2 is 2.42 bits per heavy atom. The van der Waals surface area contributed by atoms with E-state index in [9.17, 15) is 0 Å². The first-order valence-electron chi connectivity index (χ1n) is 4.04. The molecule has 0 fully saturated rings. The molecule has 0 N–H and O–H groups in total. The summed E-state index contributed by atoms with van der Waals surface area (Å²) in [7, 11) is 0. The molecule has 0 aromatic heterocycles. The highest BCUT2D eigenvalue weighted by Gasteiger charge is 2.02. The van der Waals surface area contributed by atoms with Gasteiger partial charge in [-0.05, 0) is 18.4 Å². The van der Waals surface area contributed by atoms with E-state index in [0.29, 0.717) is 0 Å². The molecule has 0 unspecified atom stereocenters. The molecule has 12 heavy (non-hydrogen) atoms. The van der Waals surface area contributed by atoms with E-state index in [4.69, 9.17) is 0 Å². The molecule has 0 aliphatic carbocycles. The lowest BCUT2D eigenvalue weighted by Gasteiger charge is -2.06. The molecule has 0 aromatic rings. The van der Waals surface area contributed by atoms with Crippen molar-refractivity contribution >= 4 is 5.71 Å². The topological polar surface area (TPSA) is 12.4 Å². The predicted octanol–water partition coefficient (Wildman–Crippen LogP) is 3.03. The SMILES string of the molecule is C=CC=CC(=C)C1=NC=CCC1. The van der Waals surface area contributed by atoms with Crippen LogP contribution in [0.1, 0.15) is 12.8 Å². The monoisotopic (exact) mass is 159 g/mol. The van der Waals surface area contributed by atoms with E-state index in [0.717, 1.165) is 24.1 Å². The smallest absolute Gasteiger partial charge is 0.0472 e. The molecule has 0 atom stereocenters. The van der Waals surface area contributed by atoms with Crippen LogP contribution in [0.2, 0.25) is 0 Å². The molecule has 0 aromatic carbocycles. The van der Waals surface area contributed by atoms with Crippen LogP contribution in [0, 0.1) is 0 Å². The summed E-state index contributed by atoms with van der Waals surface area (Å²) >= 11 is 0. The standard InChI is InChI=1S/C11H13N/c1-3-4-7-10(2)11-8-5-6-9-12-11/h3-4,6-7,9H,1-2,5,8H2. The Labute approximate surface area is 73.5 Å². The second kappa shape index (κ2) is 4.50.